The maximum absolute atomic E-state index is 15.0. The molecule has 4 atom stereocenters. The van der Waals surface area contributed by atoms with Crippen molar-refractivity contribution in [1.82, 2.24) is 29.1 Å². The summed E-state index contributed by atoms with van der Waals surface area (Å²) in [6.45, 7) is 7.38. The highest BCUT2D eigenvalue weighted by Crippen LogP contribution is 2.43. The molecule has 1 N–H and O–H groups in total. The maximum atomic E-state index is 15.0. The van der Waals surface area contributed by atoms with Gasteiger partial charge in [-0.2, -0.15) is 10.2 Å². The molecular weight excluding hydrogens is 675 g/mol. The Labute approximate surface area is 299 Å². The molecule has 2 aliphatic heterocycles. The predicted molar refractivity (Wildman–Crippen MR) is 193 cm³/mol. The molecule has 2 fully saturated rings. The van der Waals surface area contributed by atoms with Crippen LogP contribution in [0.15, 0.2) is 95.4 Å². The van der Waals surface area contributed by atoms with Crippen LogP contribution in [0.4, 0.5) is 20.2 Å². The molecular formula is C37H42F2N8O3S. The van der Waals surface area contributed by atoms with Gasteiger partial charge >= 0.3 is 5.69 Å². The summed E-state index contributed by atoms with van der Waals surface area (Å²) in [5, 5.41) is 18.5. The molecule has 0 radical (unpaired) electrons. The van der Waals surface area contributed by atoms with Crippen LogP contribution < -0.4 is 15.5 Å². The molecule has 51 heavy (non-hydrogen) atoms. The van der Waals surface area contributed by atoms with Crippen LogP contribution in [-0.4, -0.2) is 78.4 Å². The smallest absolute Gasteiger partial charge is 0.350 e. The second-order valence-electron chi connectivity index (χ2n) is 13.2. The summed E-state index contributed by atoms with van der Waals surface area (Å²) >= 11 is 1.71. The van der Waals surface area contributed by atoms with Crippen molar-refractivity contribution < 1.29 is 18.6 Å². The Bertz CT molecular complexity index is 1960. The molecule has 11 nitrogen and oxygen atoms in total. The van der Waals surface area contributed by atoms with Gasteiger partial charge in [0.05, 0.1) is 30.5 Å². The van der Waals surface area contributed by atoms with E-state index in [4.69, 9.17) is 4.74 Å². The number of aliphatic hydroxyl groups is 1. The highest BCUT2D eigenvalue weighted by molar-refractivity contribution is 7.99. The average molecular weight is 717 g/mol. The van der Waals surface area contributed by atoms with Gasteiger partial charge in [0, 0.05) is 59.8 Å². The number of rotatable bonds is 12. The summed E-state index contributed by atoms with van der Waals surface area (Å²) in [4.78, 5) is 22.9. The molecule has 2 saturated heterocycles. The third-order valence-electron chi connectivity index (χ3n) is 9.96. The molecule has 0 amide bonds. The zero-order valence-electron chi connectivity index (χ0n) is 28.7. The van der Waals surface area contributed by atoms with Crippen molar-refractivity contribution in [3.8, 4) is 5.69 Å². The summed E-state index contributed by atoms with van der Waals surface area (Å²) in [5.41, 5.74) is 2.13. The van der Waals surface area contributed by atoms with E-state index in [1.165, 1.54) is 39.7 Å². The van der Waals surface area contributed by atoms with Gasteiger partial charge in [-0.1, -0.05) is 13.0 Å². The van der Waals surface area contributed by atoms with E-state index < -0.39 is 23.3 Å². The lowest BCUT2D eigenvalue weighted by atomic mass is 9.90. The number of anilines is 2. The first kappa shape index (κ1) is 34.9. The van der Waals surface area contributed by atoms with E-state index in [1.807, 2.05) is 31.2 Å². The Hall–Kier alpha value is -4.53. The minimum absolute atomic E-state index is 0.105. The van der Waals surface area contributed by atoms with Crippen LogP contribution in [0.2, 0.25) is 0 Å². The van der Waals surface area contributed by atoms with Crippen molar-refractivity contribution in [1.29, 1.82) is 0 Å². The van der Waals surface area contributed by atoms with E-state index in [2.05, 4.69) is 49.2 Å². The molecule has 5 aromatic rings. The maximum Gasteiger partial charge on any atom is 0.350 e. The largest absolute Gasteiger partial charge is 0.391 e. The van der Waals surface area contributed by atoms with Crippen molar-refractivity contribution in [2.75, 3.05) is 41.7 Å². The standard InChI is InChI=1S/C37H42F2N8O3S/c1-3-35(26(2)48)47-36(49)46(25-42-47)30-7-5-28(6-8-30)43-16-18-44(19-17-43)29-9-11-32(12-10-29)51-21-31-14-15-37(50-31,22-45-24-40-23-41-45)33-13-4-27(38)20-34(33)39/h4-13,20,23-26,31,35,48H,3,14-19,21-22H2,1-2H3/t26?,31-,35?,37+/m1/s1. The number of piperazine rings is 1. The second-order valence-corrected chi connectivity index (χ2v) is 14.3. The number of hydrogen-bond donors (Lipinski definition) is 1. The zero-order chi connectivity index (χ0) is 35.5. The van der Waals surface area contributed by atoms with Gasteiger partial charge in [0.1, 0.15) is 36.2 Å². The average Bonchev–Trinajstić information content (AvgIpc) is 3.90. The third kappa shape index (κ3) is 7.44. The van der Waals surface area contributed by atoms with Crippen molar-refractivity contribution in [3.63, 3.8) is 0 Å². The number of aromatic nitrogens is 6. The molecule has 3 aromatic carbocycles. The third-order valence-corrected chi connectivity index (χ3v) is 11.1. The molecule has 0 bridgehead atoms. The van der Waals surface area contributed by atoms with Crippen LogP contribution in [0.1, 0.15) is 44.7 Å². The van der Waals surface area contributed by atoms with Crippen molar-refractivity contribution in [2.45, 2.75) is 68.4 Å². The van der Waals surface area contributed by atoms with Gasteiger partial charge in [0.25, 0.3) is 0 Å². The van der Waals surface area contributed by atoms with Crippen LogP contribution in [0.3, 0.4) is 0 Å². The summed E-state index contributed by atoms with van der Waals surface area (Å²) in [5.74, 6) is -0.527. The van der Waals surface area contributed by atoms with Crippen molar-refractivity contribution >= 4 is 23.1 Å². The molecule has 268 valence electrons. The fourth-order valence-electron chi connectivity index (χ4n) is 7.21. The molecule has 14 heteroatoms. The number of aliphatic hydroxyl groups excluding tert-OH is 1. The lowest BCUT2D eigenvalue weighted by molar-refractivity contribution is -0.0530. The molecule has 7 rings (SSSR count). The van der Waals surface area contributed by atoms with Crippen LogP contribution in [-0.2, 0) is 16.9 Å². The first-order chi connectivity index (χ1) is 24.7. The molecule has 2 unspecified atom stereocenters. The summed E-state index contributed by atoms with van der Waals surface area (Å²) in [6.07, 6.45) is 5.70. The molecule has 2 aliphatic rings. The predicted octanol–water partition coefficient (Wildman–Crippen LogP) is 5.43. The minimum atomic E-state index is -0.952. The van der Waals surface area contributed by atoms with Gasteiger partial charge in [-0.25, -0.2) is 32.5 Å². The number of benzene rings is 3. The Kier molecular flexibility index (Phi) is 10.3. The first-order valence-corrected chi connectivity index (χ1v) is 18.3. The minimum Gasteiger partial charge on any atom is -0.391 e. The van der Waals surface area contributed by atoms with Crippen LogP contribution in [0.25, 0.3) is 5.69 Å². The highest BCUT2D eigenvalue weighted by atomic mass is 32.2. The number of thioether (sulfide) groups is 1. The number of hydrogen-bond acceptors (Lipinski definition) is 9. The molecule has 0 aliphatic carbocycles. The SMILES string of the molecule is CCC(C(C)O)n1ncn(-c2ccc(N3CCN(c4ccc(SC[C@H]5CC[C@](Cn6cncn6)(c6ccc(F)cc6F)O5)cc4)CC3)cc2)c1=O. The molecule has 4 heterocycles. The van der Waals surface area contributed by atoms with Gasteiger partial charge in [-0.15, -0.1) is 11.8 Å². The lowest BCUT2D eigenvalue weighted by Crippen LogP contribution is -2.46. The van der Waals surface area contributed by atoms with E-state index in [-0.39, 0.29) is 17.8 Å². The molecule has 0 saturated carbocycles. The fourth-order valence-corrected chi connectivity index (χ4v) is 8.15. The van der Waals surface area contributed by atoms with E-state index in [0.29, 0.717) is 30.7 Å². The van der Waals surface area contributed by atoms with E-state index in [1.54, 1.807) is 29.7 Å². The fraction of sp³-hybridized carbons (Fsp3) is 0.405. The molecule has 2 aromatic heterocycles. The van der Waals surface area contributed by atoms with Gasteiger partial charge in [-0.3, -0.25) is 0 Å². The first-order valence-electron chi connectivity index (χ1n) is 17.4. The monoisotopic (exact) mass is 716 g/mol. The Morgan fingerprint density at radius 3 is 2.22 bits per heavy atom. The van der Waals surface area contributed by atoms with E-state index in [9.17, 15) is 18.7 Å². The van der Waals surface area contributed by atoms with Crippen molar-refractivity contribution in [2.24, 2.45) is 0 Å². The Morgan fingerprint density at radius 2 is 1.61 bits per heavy atom. The van der Waals surface area contributed by atoms with Gasteiger partial charge in [0.2, 0.25) is 0 Å². The number of ether oxygens (including phenoxy) is 1. The van der Waals surface area contributed by atoms with Crippen molar-refractivity contribution in [3.05, 3.63) is 113 Å². The summed E-state index contributed by atoms with van der Waals surface area (Å²) in [7, 11) is 0. The van der Waals surface area contributed by atoms with Crippen LogP contribution in [0, 0.1) is 11.6 Å². The summed E-state index contributed by atoms with van der Waals surface area (Å²) < 4.78 is 39.8. The van der Waals surface area contributed by atoms with Gasteiger partial charge in [0.15, 0.2) is 0 Å². The van der Waals surface area contributed by atoms with E-state index in [0.717, 1.165) is 54.9 Å². The zero-order valence-corrected chi connectivity index (χ0v) is 29.5. The van der Waals surface area contributed by atoms with Gasteiger partial charge in [-0.05, 0) is 80.8 Å². The van der Waals surface area contributed by atoms with Crippen LogP contribution >= 0.6 is 11.8 Å². The topological polar surface area (TPSA) is 106 Å². The number of nitrogens with zero attached hydrogens (tertiary/aromatic N) is 8. The van der Waals surface area contributed by atoms with Crippen LogP contribution in [0.5, 0.6) is 0 Å². The molecule has 0 spiro atoms. The Balaban J connectivity index is 0.923. The lowest BCUT2D eigenvalue weighted by Gasteiger charge is -2.37. The Morgan fingerprint density at radius 1 is 0.941 bits per heavy atom. The highest BCUT2D eigenvalue weighted by Gasteiger charge is 2.44. The normalized spacial score (nSPS) is 20.5. The van der Waals surface area contributed by atoms with Gasteiger partial charge < -0.3 is 19.6 Å². The van der Waals surface area contributed by atoms with E-state index >= 15 is 0 Å². The quantitative estimate of drug-likeness (QED) is 0.169. The second kappa shape index (κ2) is 15.0. The number of halogens is 2. The summed E-state index contributed by atoms with van der Waals surface area (Å²) in [6, 6.07) is 19.8.